The highest BCUT2D eigenvalue weighted by molar-refractivity contribution is 7.89. The summed E-state index contributed by atoms with van der Waals surface area (Å²) >= 11 is 5.11. The molecule has 0 amide bonds. The third-order valence-corrected chi connectivity index (χ3v) is 5.81. The second-order valence-corrected chi connectivity index (χ2v) is 7.52. The van der Waals surface area contributed by atoms with Gasteiger partial charge in [-0.15, -0.1) is 0 Å². The first-order valence-electron chi connectivity index (χ1n) is 6.93. The number of hydrogen-bond donors (Lipinski definition) is 1. The first-order valence-corrected chi connectivity index (χ1v) is 8.95. The Hall–Kier alpha value is -0.240. The summed E-state index contributed by atoms with van der Waals surface area (Å²) in [6, 6.07) is 0.107. The average molecular weight is 307 g/mol. The first kappa shape index (κ1) is 16.8. The summed E-state index contributed by atoms with van der Waals surface area (Å²) in [4.78, 5) is 2.73. The van der Waals surface area contributed by atoms with Gasteiger partial charge in [0.15, 0.2) is 0 Å². The summed E-state index contributed by atoms with van der Waals surface area (Å²) in [5.74, 6) is 0.237. The minimum atomic E-state index is -3.07. The third-order valence-electron chi connectivity index (χ3n) is 3.46. The Bertz CT molecular complexity index is 390. The maximum absolute atomic E-state index is 12.0. The van der Waals surface area contributed by atoms with Gasteiger partial charge < -0.3 is 5.73 Å². The Morgan fingerprint density at radius 3 is 2.21 bits per heavy atom. The number of piperazine rings is 1. The molecular formula is C12H25N3O2S2. The lowest BCUT2D eigenvalue weighted by atomic mass is 10.1. The Balaban J connectivity index is 2.59. The largest absolute Gasteiger partial charge is 0.392 e. The molecule has 1 fully saturated rings. The Labute approximate surface area is 122 Å². The second-order valence-electron chi connectivity index (χ2n) is 4.96. The van der Waals surface area contributed by atoms with Crippen molar-refractivity contribution in [2.24, 2.45) is 5.73 Å². The van der Waals surface area contributed by atoms with E-state index in [9.17, 15) is 8.42 Å². The molecule has 1 saturated heterocycles. The molecule has 7 heteroatoms. The zero-order valence-corrected chi connectivity index (χ0v) is 13.5. The van der Waals surface area contributed by atoms with Crippen molar-refractivity contribution in [1.82, 2.24) is 9.21 Å². The summed E-state index contributed by atoms with van der Waals surface area (Å²) in [7, 11) is -3.07. The smallest absolute Gasteiger partial charge is 0.214 e. The van der Waals surface area contributed by atoms with Crippen molar-refractivity contribution in [2.45, 2.75) is 39.2 Å². The van der Waals surface area contributed by atoms with Crippen LogP contribution in [0.5, 0.6) is 0 Å². The zero-order chi connectivity index (χ0) is 14.5. The summed E-state index contributed by atoms with van der Waals surface area (Å²) in [5, 5.41) is 0. The monoisotopic (exact) mass is 307 g/mol. The van der Waals surface area contributed by atoms with Gasteiger partial charge in [0.1, 0.15) is 0 Å². The number of sulfonamides is 1. The highest BCUT2D eigenvalue weighted by Gasteiger charge is 2.29. The van der Waals surface area contributed by atoms with Gasteiger partial charge in [0.25, 0.3) is 0 Å². The van der Waals surface area contributed by atoms with Gasteiger partial charge in [-0.3, -0.25) is 4.90 Å². The first-order chi connectivity index (χ1) is 8.92. The molecule has 19 heavy (non-hydrogen) atoms. The number of nitrogens with zero attached hydrogens (tertiary/aromatic N) is 2. The van der Waals surface area contributed by atoms with Crippen LogP contribution < -0.4 is 5.73 Å². The zero-order valence-electron chi connectivity index (χ0n) is 11.8. The Morgan fingerprint density at radius 2 is 1.79 bits per heavy atom. The molecule has 2 N–H and O–H groups in total. The van der Waals surface area contributed by atoms with E-state index in [0.717, 1.165) is 12.8 Å². The minimum Gasteiger partial charge on any atom is -0.392 e. The van der Waals surface area contributed by atoms with Crippen LogP contribution in [0.3, 0.4) is 0 Å². The van der Waals surface area contributed by atoms with Crippen LogP contribution in [0.2, 0.25) is 0 Å². The molecule has 0 bridgehead atoms. The summed E-state index contributed by atoms with van der Waals surface area (Å²) < 4.78 is 25.6. The van der Waals surface area contributed by atoms with Gasteiger partial charge in [-0.25, -0.2) is 8.42 Å². The van der Waals surface area contributed by atoms with Crippen molar-refractivity contribution in [3.05, 3.63) is 0 Å². The highest BCUT2D eigenvalue weighted by atomic mass is 32.2. The van der Waals surface area contributed by atoms with Crippen molar-refractivity contribution in [2.75, 3.05) is 31.9 Å². The van der Waals surface area contributed by atoms with Crippen LogP contribution >= 0.6 is 12.2 Å². The molecule has 0 spiro atoms. The lowest BCUT2D eigenvalue weighted by Gasteiger charge is -2.38. The molecule has 1 atom stereocenters. The van der Waals surface area contributed by atoms with E-state index in [2.05, 4.69) is 11.8 Å². The molecule has 0 aromatic rings. The minimum absolute atomic E-state index is 0.107. The molecule has 0 aromatic carbocycles. The van der Waals surface area contributed by atoms with Crippen LogP contribution in [0, 0.1) is 0 Å². The van der Waals surface area contributed by atoms with Crippen LogP contribution in [0.4, 0.5) is 0 Å². The van der Waals surface area contributed by atoms with Gasteiger partial charge in [0.2, 0.25) is 10.0 Å². The second kappa shape index (κ2) is 7.52. The van der Waals surface area contributed by atoms with Crippen LogP contribution in [0.15, 0.2) is 0 Å². The fourth-order valence-electron chi connectivity index (χ4n) is 2.46. The van der Waals surface area contributed by atoms with Gasteiger partial charge in [-0.1, -0.05) is 32.5 Å². The van der Waals surface area contributed by atoms with Gasteiger partial charge in [0, 0.05) is 26.2 Å². The van der Waals surface area contributed by atoms with Crippen LogP contribution in [0.25, 0.3) is 0 Å². The standard InChI is InChI=1S/C12H25N3O2S2/c1-3-5-11(12(13)18)14-6-8-15(9-7-14)19(16,17)10-4-2/h11H,3-10H2,1-2H3,(H2,13,18). The van der Waals surface area contributed by atoms with Crippen molar-refractivity contribution < 1.29 is 8.42 Å². The molecule has 0 saturated carbocycles. The van der Waals surface area contributed by atoms with E-state index in [4.69, 9.17) is 18.0 Å². The predicted octanol–water partition coefficient (Wildman–Crippen LogP) is 0.799. The van der Waals surface area contributed by atoms with E-state index in [1.807, 2.05) is 6.92 Å². The molecule has 1 aliphatic heterocycles. The molecule has 0 aliphatic carbocycles. The van der Waals surface area contributed by atoms with Gasteiger partial charge >= 0.3 is 0 Å². The fourth-order valence-corrected chi connectivity index (χ4v) is 4.22. The maximum Gasteiger partial charge on any atom is 0.214 e. The summed E-state index contributed by atoms with van der Waals surface area (Å²) in [5.41, 5.74) is 5.78. The maximum atomic E-state index is 12.0. The van der Waals surface area contributed by atoms with E-state index in [0.29, 0.717) is 37.6 Å². The number of rotatable bonds is 7. The van der Waals surface area contributed by atoms with E-state index < -0.39 is 10.0 Å². The quantitative estimate of drug-likeness (QED) is 0.705. The third kappa shape index (κ3) is 4.66. The van der Waals surface area contributed by atoms with E-state index >= 15 is 0 Å². The lowest BCUT2D eigenvalue weighted by molar-refractivity contribution is 0.162. The predicted molar refractivity (Wildman–Crippen MR) is 82.7 cm³/mol. The molecule has 1 aliphatic rings. The molecule has 1 unspecified atom stereocenters. The molecule has 1 heterocycles. The fraction of sp³-hybridized carbons (Fsp3) is 0.917. The molecule has 1 rings (SSSR count). The van der Waals surface area contributed by atoms with Crippen molar-refractivity contribution in [3.8, 4) is 0 Å². The van der Waals surface area contributed by atoms with Crippen LogP contribution in [-0.2, 0) is 10.0 Å². The normalized spacial score (nSPS) is 20.3. The number of nitrogens with two attached hydrogens (primary N) is 1. The topological polar surface area (TPSA) is 66.6 Å². The van der Waals surface area contributed by atoms with Gasteiger partial charge in [-0.2, -0.15) is 4.31 Å². The number of hydrogen-bond acceptors (Lipinski definition) is 4. The van der Waals surface area contributed by atoms with Crippen LogP contribution in [0.1, 0.15) is 33.1 Å². The molecule has 0 aromatic heterocycles. The Morgan fingerprint density at radius 1 is 1.21 bits per heavy atom. The lowest BCUT2D eigenvalue weighted by Crippen LogP contribution is -2.55. The molecule has 5 nitrogen and oxygen atoms in total. The molecule has 0 radical (unpaired) electrons. The van der Waals surface area contributed by atoms with Gasteiger partial charge in [0.05, 0.1) is 16.8 Å². The van der Waals surface area contributed by atoms with E-state index in [1.54, 1.807) is 4.31 Å². The highest BCUT2D eigenvalue weighted by Crippen LogP contribution is 2.14. The molecular weight excluding hydrogens is 282 g/mol. The summed E-state index contributed by atoms with van der Waals surface area (Å²) in [6.07, 6.45) is 2.63. The van der Waals surface area contributed by atoms with Gasteiger partial charge in [-0.05, 0) is 12.8 Å². The summed E-state index contributed by atoms with van der Waals surface area (Å²) in [6.45, 7) is 6.51. The van der Waals surface area contributed by atoms with Crippen LogP contribution in [-0.4, -0.2) is 60.6 Å². The Kier molecular flexibility index (Phi) is 6.65. The average Bonchev–Trinajstić information content (AvgIpc) is 2.35. The van der Waals surface area contributed by atoms with Crippen molar-refractivity contribution >= 4 is 27.2 Å². The van der Waals surface area contributed by atoms with Crippen molar-refractivity contribution in [1.29, 1.82) is 0 Å². The van der Waals surface area contributed by atoms with E-state index in [1.165, 1.54) is 0 Å². The van der Waals surface area contributed by atoms with E-state index in [-0.39, 0.29) is 11.8 Å². The SMILES string of the molecule is CCCC(C(N)=S)N1CCN(S(=O)(=O)CCC)CC1. The van der Waals surface area contributed by atoms with Crippen molar-refractivity contribution in [3.63, 3.8) is 0 Å². The number of thiocarbonyl (C=S) groups is 1. The molecule has 112 valence electrons.